The van der Waals surface area contributed by atoms with Gasteiger partial charge in [-0.15, -0.1) is 0 Å². The van der Waals surface area contributed by atoms with Gasteiger partial charge in [0.2, 0.25) is 0 Å². The van der Waals surface area contributed by atoms with E-state index in [1.165, 1.54) is 4.46 Å². The molecule has 0 saturated heterocycles. The van der Waals surface area contributed by atoms with Gasteiger partial charge >= 0.3 is 114 Å². The molecular formula is C16H16OSe. The molecule has 0 bridgehead atoms. The summed E-state index contributed by atoms with van der Waals surface area (Å²) in [6.45, 7) is 2.00. The summed E-state index contributed by atoms with van der Waals surface area (Å²) < 4.78 is 1.29. The van der Waals surface area contributed by atoms with E-state index in [2.05, 4.69) is 12.1 Å². The summed E-state index contributed by atoms with van der Waals surface area (Å²) in [4.78, 5) is 12.1. The SMILES string of the molecule is C[C@@H](C(=O)C[Se]c1ccccc1)c1ccccc1. The third-order valence-electron chi connectivity index (χ3n) is 2.91. The van der Waals surface area contributed by atoms with Gasteiger partial charge in [0.25, 0.3) is 0 Å². The molecule has 0 amide bonds. The number of benzene rings is 2. The van der Waals surface area contributed by atoms with E-state index < -0.39 is 0 Å². The van der Waals surface area contributed by atoms with E-state index in [0.717, 1.165) is 5.56 Å². The van der Waals surface area contributed by atoms with Crippen molar-refractivity contribution < 1.29 is 4.79 Å². The van der Waals surface area contributed by atoms with Crippen LogP contribution in [0, 0.1) is 0 Å². The average molecular weight is 303 g/mol. The predicted octanol–water partition coefficient (Wildman–Crippen LogP) is 2.81. The molecular weight excluding hydrogens is 287 g/mol. The zero-order chi connectivity index (χ0) is 12.8. The van der Waals surface area contributed by atoms with E-state index >= 15 is 0 Å². The molecule has 2 heteroatoms. The van der Waals surface area contributed by atoms with E-state index in [1.54, 1.807) is 0 Å². The van der Waals surface area contributed by atoms with Crippen molar-refractivity contribution in [3.63, 3.8) is 0 Å². The molecule has 0 aliphatic rings. The van der Waals surface area contributed by atoms with Gasteiger partial charge in [0.15, 0.2) is 0 Å². The quantitative estimate of drug-likeness (QED) is 0.776. The van der Waals surface area contributed by atoms with Crippen molar-refractivity contribution >= 4 is 25.2 Å². The molecule has 18 heavy (non-hydrogen) atoms. The van der Waals surface area contributed by atoms with E-state index in [9.17, 15) is 4.79 Å². The molecule has 2 aromatic rings. The number of carbonyl (C=O) groups excluding carboxylic acids is 1. The number of hydrogen-bond donors (Lipinski definition) is 0. The Morgan fingerprint density at radius 3 is 2.17 bits per heavy atom. The molecule has 2 aromatic carbocycles. The van der Waals surface area contributed by atoms with E-state index in [0.29, 0.717) is 11.1 Å². The average Bonchev–Trinajstić information content (AvgIpc) is 2.46. The van der Waals surface area contributed by atoms with Crippen LogP contribution < -0.4 is 4.46 Å². The van der Waals surface area contributed by atoms with E-state index in [1.807, 2.05) is 55.5 Å². The number of hydrogen-bond acceptors (Lipinski definition) is 1. The summed E-state index contributed by atoms with van der Waals surface area (Å²) in [6, 6.07) is 20.3. The zero-order valence-electron chi connectivity index (χ0n) is 10.4. The van der Waals surface area contributed by atoms with Crippen LogP contribution in [-0.2, 0) is 4.79 Å². The summed E-state index contributed by atoms with van der Waals surface area (Å²) in [5.41, 5.74) is 1.12. The molecule has 0 aromatic heterocycles. The van der Waals surface area contributed by atoms with Crippen LogP contribution in [0.4, 0.5) is 0 Å². The Kier molecular flexibility index (Phi) is 4.74. The normalized spacial score (nSPS) is 12.1. The summed E-state index contributed by atoms with van der Waals surface area (Å²) >= 11 is 0.251. The Labute approximate surface area is 114 Å². The zero-order valence-corrected chi connectivity index (χ0v) is 12.1. The molecule has 0 fully saturated rings. The monoisotopic (exact) mass is 304 g/mol. The van der Waals surface area contributed by atoms with Crippen LogP contribution in [0.5, 0.6) is 0 Å². The Balaban J connectivity index is 1.93. The van der Waals surface area contributed by atoms with Gasteiger partial charge in [-0.1, -0.05) is 0 Å². The van der Waals surface area contributed by atoms with Crippen molar-refractivity contribution in [1.29, 1.82) is 0 Å². The van der Waals surface area contributed by atoms with Gasteiger partial charge in [-0.2, -0.15) is 0 Å². The summed E-state index contributed by atoms with van der Waals surface area (Å²) in [7, 11) is 0. The predicted molar refractivity (Wildman–Crippen MR) is 76.5 cm³/mol. The molecule has 1 atom stereocenters. The van der Waals surface area contributed by atoms with Crippen molar-refractivity contribution in [3.8, 4) is 0 Å². The first-order valence-electron chi connectivity index (χ1n) is 6.03. The van der Waals surface area contributed by atoms with Crippen molar-refractivity contribution in [1.82, 2.24) is 0 Å². The molecule has 1 nitrogen and oxygen atoms in total. The third-order valence-corrected chi connectivity index (χ3v) is 5.08. The maximum atomic E-state index is 12.1. The molecule has 0 saturated carbocycles. The summed E-state index contributed by atoms with van der Waals surface area (Å²) in [5, 5.41) is 0.674. The van der Waals surface area contributed by atoms with Crippen LogP contribution in [0.2, 0.25) is 5.32 Å². The van der Waals surface area contributed by atoms with Crippen molar-refractivity contribution in [2.24, 2.45) is 0 Å². The topological polar surface area (TPSA) is 17.1 Å². The second kappa shape index (κ2) is 6.53. The third kappa shape index (κ3) is 3.56. The van der Waals surface area contributed by atoms with Gasteiger partial charge in [-0.3, -0.25) is 0 Å². The second-order valence-electron chi connectivity index (χ2n) is 4.20. The van der Waals surface area contributed by atoms with Gasteiger partial charge < -0.3 is 0 Å². The molecule has 0 spiro atoms. The molecule has 0 aliphatic carbocycles. The maximum absolute atomic E-state index is 12.1. The van der Waals surface area contributed by atoms with Crippen molar-refractivity contribution in [3.05, 3.63) is 66.2 Å². The fourth-order valence-electron chi connectivity index (χ4n) is 1.72. The van der Waals surface area contributed by atoms with Crippen molar-refractivity contribution in [2.75, 3.05) is 0 Å². The number of carbonyl (C=O) groups is 1. The van der Waals surface area contributed by atoms with Gasteiger partial charge in [-0.05, 0) is 0 Å². The van der Waals surface area contributed by atoms with E-state index in [4.69, 9.17) is 0 Å². The van der Waals surface area contributed by atoms with Gasteiger partial charge in [0, 0.05) is 0 Å². The molecule has 0 radical (unpaired) electrons. The van der Waals surface area contributed by atoms with Crippen molar-refractivity contribution in [2.45, 2.75) is 18.2 Å². The Morgan fingerprint density at radius 1 is 1.00 bits per heavy atom. The molecule has 0 heterocycles. The number of rotatable bonds is 5. The molecule has 2 rings (SSSR count). The number of ketones is 1. The van der Waals surface area contributed by atoms with Crippen LogP contribution in [0.3, 0.4) is 0 Å². The van der Waals surface area contributed by atoms with Crippen LogP contribution in [-0.4, -0.2) is 20.7 Å². The Hall–Kier alpha value is -1.37. The van der Waals surface area contributed by atoms with Crippen LogP contribution in [0.25, 0.3) is 0 Å². The fraction of sp³-hybridized carbons (Fsp3) is 0.188. The molecule has 0 N–H and O–H groups in total. The molecule has 0 aliphatic heterocycles. The molecule has 92 valence electrons. The van der Waals surface area contributed by atoms with Gasteiger partial charge in [0.1, 0.15) is 0 Å². The van der Waals surface area contributed by atoms with E-state index in [-0.39, 0.29) is 20.9 Å². The van der Waals surface area contributed by atoms with Crippen LogP contribution >= 0.6 is 0 Å². The Morgan fingerprint density at radius 2 is 1.56 bits per heavy atom. The first-order chi connectivity index (χ1) is 8.77. The number of Topliss-reactive ketones (excluding diaryl/α,β-unsaturated/α-hetero) is 1. The second-order valence-corrected chi connectivity index (χ2v) is 6.40. The summed E-state index contributed by atoms with van der Waals surface area (Å²) in [5.74, 6) is 0.349. The minimum absolute atomic E-state index is 0.0109. The standard InChI is InChI=1S/C16H16OSe/c1-13(14-8-4-2-5-9-14)16(17)12-18-15-10-6-3-7-11-15/h2-11,13H,12H2,1H3/t13-/m1/s1. The minimum atomic E-state index is 0.0109. The van der Waals surface area contributed by atoms with Crippen LogP contribution in [0.15, 0.2) is 60.7 Å². The van der Waals surface area contributed by atoms with Gasteiger partial charge in [0.05, 0.1) is 0 Å². The van der Waals surface area contributed by atoms with Crippen LogP contribution in [0.1, 0.15) is 18.4 Å². The first-order valence-corrected chi connectivity index (χ1v) is 8.09. The molecule has 0 unspecified atom stereocenters. The first kappa shape index (κ1) is 13.1. The van der Waals surface area contributed by atoms with Gasteiger partial charge in [-0.25, -0.2) is 0 Å². The summed E-state index contributed by atoms with van der Waals surface area (Å²) in [6.07, 6.45) is 0. The Bertz CT molecular complexity index is 493. The fourth-order valence-corrected chi connectivity index (χ4v) is 3.63.